The van der Waals surface area contributed by atoms with E-state index in [1.54, 1.807) is 0 Å². The Hall–Kier alpha value is -1.56. The Kier molecular flexibility index (Phi) is 24.1. The van der Waals surface area contributed by atoms with Gasteiger partial charge in [-0.25, -0.2) is 9.59 Å². The number of esters is 2. The molecule has 0 aliphatic carbocycles. The summed E-state index contributed by atoms with van der Waals surface area (Å²) in [6.07, 6.45) is 7.12. The fourth-order valence-electron chi connectivity index (χ4n) is 1.68. The van der Waals surface area contributed by atoms with Gasteiger partial charge >= 0.3 is 20.2 Å². The highest BCUT2D eigenvalue weighted by Crippen LogP contribution is 2.05. The number of hydrogen-bond acceptors (Lipinski definition) is 5. The lowest BCUT2D eigenvalue weighted by atomic mass is 10.2. The lowest BCUT2D eigenvalue weighted by Crippen LogP contribution is -2.06. The molecule has 0 spiro atoms. The van der Waals surface area contributed by atoms with Crippen LogP contribution in [0.1, 0.15) is 67.2 Å². The maximum absolute atomic E-state index is 11.1. The average molecular weight is 393 g/mol. The van der Waals surface area contributed by atoms with Crippen molar-refractivity contribution >= 4 is 20.2 Å². The van der Waals surface area contributed by atoms with Gasteiger partial charge in [-0.15, -0.1) is 9.79 Å². The molecule has 0 radical (unpaired) electrons. The number of rotatable bonds is 8. The fourth-order valence-corrected chi connectivity index (χ4v) is 1.68. The summed E-state index contributed by atoms with van der Waals surface area (Å²) in [6.45, 7) is 12.5. The Bertz CT molecular complexity index is 416. The average Bonchev–Trinajstić information content (AvgIpc) is 2.57. The lowest BCUT2D eigenvalue weighted by Gasteiger charge is -2.02. The van der Waals surface area contributed by atoms with Crippen molar-refractivity contribution in [2.24, 2.45) is 0 Å². The third-order valence-electron chi connectivity index (χ3n) is 2.74. The van der Waals surface area contributed by atoms with E-state index in [1.165, 1.54) is 0 Å². The van der Waals surface area contributed by atoms with Gasteiger partial charge in [0.25, 0.3) is 0 Å². The Morgan fingerprint density at radius 1 is 0.769 bits per heavy atom. The molecule has 152 valence electrons. The molecule has 0 amide bonds. The summed E-state index contributed by atoms with van der Waals surface area (Å²) in [4.78, 5) is 36.4. The third kappa shape index (κ3) is 20.5. The number of carbonyl (C=O) groups excluding carboxylic acids is 2. The zero-order valence-corrected chi connectivity index (χ0v) is 17.7. The van der Waals surface area contributed by atoms with Gasteiger partial charge in [-0.05, 0) is 39.5 Å². The van der Waals surface area contributed by atoms with Crippen LogP contribution < -0.4 is 0 Å². The maximum atomic E-state index is 11.1. The Morgan fingerprint density at radius 3 is 1.19 bits per heavy atom. The van der Waals surface area contributed by atoms with Gasteiger partial charge in [0, 0.05) is 15.7 Å². The topological polar surface area (TPSA) is 110 Å². The van der Waals surface area contributed by atoms with Crippen molar-refractivity contribution in [1.29, 1.82) is 0 Å². The molecule has 0 aromatic rings. The Labute approximate surface area is 158 Å². The third-order valence-corrected chi connectivity index (χ3v) is 2.74. The van der Waals surface area contributed by atoms with Gasteiger partial charge < -0.3 is 9.47 Å². The molecule has 0 atom stereocenters. The minimum atomic E-state index is -2.87. The first-order chi connectivity index (χ1) is 12.2. The molecule has 26 heavy (non-hydrogen) atoms. The van der Waals surface area contributed by atoms with Crippen LogP contribution in [-0.4, -0.2) is 34.9 Å². The molecule has 0 aromatic heterocycles. The lowest BCUT2D eigenvalue weighted by molar-refractivity contribution is -0.139. The highest BCUT2D eigenvalue weighted by Gasteiger charge is 2.06. The number of carbonyl (C=O) groups is 2. The van der Waals surface area contributed by atoms with E-state index < -0.39 is 8.25 Å². The number of ether oxygens (including phenoxy) is 2. The molecule has 0 rings (SSSR count). The molecule has 2 N–H and O–H groups in total. The zero-order chi connectivity index (χ0) is 21.0. The number of allylic oxidation sites excluding steroid dienone is 2. The van der Waals surface area contributed by atoms with E-state index in [-0.39, 0.29) is 11.9 Å². The SMILES string of the molecule is CCC=C(CC)C(=O)OCC.CCC=C(CC)C(=O)OCC.O=[P+](O)O. The summed E-state index contributed by atoms with van der Waals surface area (Å²) in [5.74, 6) is -0.339. The van der Waals surface area contributed by atoms with Crippen LogP contribution in [0.4, 0.5) is 0 Å². The van der Waals surface area contributed by atoms with Crippen molar-refractivity contribution in [3.63, 3.8) is 0 Å². The van der Waals surface area contributed by atoms with Crippen molar-refractivity contribution in [3.8, 4) is 0 Å². The largest absolute Gasteiger partial charge is 0.692 e. The van der Waals surface area contributed by atoms with Crippen molar-refractivity contribution in [2.75, 3.05) is 13.2 Å². The second kappa shape index (κ2) is 21.5. The van der Waals surface area contributed by atoms with Gasteiger partial charge in [-0.1, -0.05) is 39.8 Å². The monoisotopic (exact) mass is 393 g/mol. The normalized spacial score (nSPS) is 10.6. The Balaban J connectivity index is -0.000000338. The van der Waals surface area contributed by atoms with E-state index in [2.05, 4.69) is 0 Å². The van der Waals surface area contributed by atoms with E-state index in [0.717, 1.165) is 36.8 Å². The highest BCUT2D eigenvalue weighted by molar-refractivity contribution is 7.30. The Morgan fingerprint density at radius 2 is 1.04 bits per heavy atom. The predicted octanol–water partition coefficient (Wildman–Crippen LogP) is 4.22. The molecule has 0 bridgehead atoms. The molecule has 0 fully saturated rings. The van der Waals surface area contributed by atoms with Gasteiger partial charge in [0.1, 0.15) is 0 Å². The van der Waals surface area contributed by atoms with Crippen LogP contribution >= 0.6 is 8.25 Å². The van der Waals surface area contributed by atoms with Crippen molar-refractivity contribution in [2.45, 2.75) is 67.2 Å². The van der Waals surface area contributed by atoms with Crippen molar-refractivity contribution in [3.05, 3.63) is 23.3 Å². The molecule has 0 heterocycles. The van der Waals surface area contributed by atoms with Gasteiger partial charge in [0.15, 0.2) is 0 Å². The molecule has 7 nitrogen and oxygen atoms in total. The van der Waals surface area contributed by atoms with E-state index in [9.17, 15) is 9.59 Å². The molecule has 0 saturated carbocycles. The molecule has 0 aliphatic heterocycles. The molecule has 8 heteroatoms. The summed E-state index contributed by atoms with van der Waals surface area (Å²) >= 11 is 0. The standard InChI is InChI=1S/2C9H16O2.HO3P/c2*1-4-7-8(5-2)9(10)11-6-3;1-4(2)3/h2*7H,4-6H2,1-3H3;(H-,1,2,3)/p+1. The van der Waals surface area contributed by atoms with Crippen molar-refractivity contribution in [1.82, 2.24) is 0 Å². The van der Waals surface area contributed by atoms with E-state index in [1.807, 2.05) is 53.7 Å². The quantitative estimate of drug-likeness (QED) is 0.361. The summed E-state index contributed by atoms with van der Waals surface area (Å²) in [7, 11) is -2.87. The first kappa shape index (κ1) is 29.2. The number of hydrogen-bond donors (Lipinski definition) is 2. The second-order valence-corrected chi connectivity index (χ2v) is 5.18. The predicted molar refractivity (Wildman–Crippen MR) is 103 cm³/mol. The minimum Gasteiger partial charge on any atom is -0.463 e. The highest BCUT2D eigenvalue weighted by atomic mass is 31.1. The minimum absolute atomic E-state index is 0.170. The van der Waals surface area contributed by atoms with Crippen LogP contribution in [0.5, 0.6) is 0 Å². The molecule has 0 unspecified atom stereocenters. The smallest absolute Gasteiger partial charge is 0.463 e. The van der Waals surface area contributed by atoms with E-state index >= 15 is 0 Å². The van der Waals surface area contributed by atoms with Crippen LogP contribution in [-0.2, 0) is 23.6 Å². The fraction of sp³-hybridized carbons (Fsp3) is 0.667. The zero-order valence-electron chi connectivity index (χ0n) is 16.8. The summed E-state index contributed by atoms with van der Waals surface area (Å²) in [5, 5.41) is 0. The molecule has 0 aromatic carbocycles. The van der Waals surface area contributed by atoms with Gasteiger partial charge in [0.05, 0.1) is 13.2 Å². The van der Waals surface area contributed by atoms with Crippen LogP contribution in [0.25, 0.3) is 0 Å². The maximum Gasteiger partial charge on any atom is 0.692 e. The van der Waals surface area contributed by atoms with Gasteiger partial charge in [0.2, 0.25) is 0 Å². The molecule has 0 aliphatic rings. The summed E-state index contributed by atoms with van der Waals surface area (Å²) in [6, 6.07) is 0. The van der Waals surface area contributed by atoms with Gasteiger partial charge in [-0.3, -0.25) is 0 Å². The summed E-state index contributed by atoms with van der Waals surface area (Å²) < 4.78 is 18.4. The molecule has 0 saturated heterocycles. The van der Waals surface area contributed by atoms with Crippen LogP contribution in [0.2, 0.25) is 0 Å². The second-order valence-electron chi connectivity index (χ2n) is 4.68. The van der Waals surface area contributed by atoms with Gasteiger partial charge in [-0.2, -0.15) is 0 Å². The van der Waals surface area contributed by atoms with E-state index in [4.69, 9.17) is 23.8 Å². The first-order valence-electron chi connectivity index (χ1n) is 8.82. The molecular formula is C18H34O7P+. The van der Waals surface area contributed by atoms with Crippen LogP contribution in [0, 0.1) is 0 Å². The first-order valence-corrected chi connectivity index (χ1v) is 9.99. The molecular weight excluding hydrogens is 359 g/mol. The van der Waals surface area contributed by atoms with Crippen molar-refractivity contribution < 1.29 is 33.4 Å². The van der Waals surface area contributed by atoms with Crippen LogP contribution in [0.3, 0.4) is 0 Å². The van der Waals surface area contributed by atoms with Crippen LogP contribution in [0.15, 0.2) is 23.3 Å². The summed E-state index contributed by atoms with van der Waals surface area (Å²) in [5.41, 5.74) is 1.57. The van der Waals surface area contributed by atoms with E-state index in [0.29, 0.717) is 13.2 Å².